The maximum atomic E-state index is 12.5. The number of hydrogen-bond acceptors (Lipinski definition) is 3. The maximum absolute atomic E-state index is 12.5. The summed E-state index contributed by atoms with van der Waals surface area (Å²) in [6, 6.07) is 10.9. The van der Waals surface area contributed by atoms with Gasteiger partial charge in [0, 0.05) is 24.9 Å². The SMILES string of the molecule is CNC(=O)COc1cccc(NC(=O)/C=C/c2ccc(C(F)(F)F)cc2)c1. The van der Waals surface area contributed by atoms with Crippen LogP contribution in [0.25, 0.3) is 6.08 Å². The molecule has 5 nitrogen and oxygen atoms in total. The van der Waals surface area contributed by atoms with Crippen molar-refractivity contribution in [1.82, 2.24) is 5.32 Å². The Hall–Kier alpha value is -3.29. The van der Waals surface area contributed by atoms with E-state index in [1.54, 1.807) is 24.3 Å². The van der Waals surface area contributed by atoms with Crippen LogP contribution < -0.4 is 15.4 Å². The van der Waals surface area contributed by atoms with Crippen LogP contribution in [0.4, 0.5) is 18.9 Å². The molecule has 2 aromatic rings. The Morgan fingerprint density at radius 1 is 1.11 bits per heavy atom. The molecule has 8 heteroatoms. The summed E-state index contributed by atoms with van der Waals surface area (Å²) < 4.78 is 42.8. The number of ether oxygens (including phenoxy) is 1. The fourth-order valence-electron chi connectivity index (χ4n) is 2.02. The Balaban J connectivity index is 1.95. The topological polar surface area (TPSA) is 67.4 Å². The predicted molar refractivity (Wildman–Crippen MR) is 95.1 cm³/mol. The average Bonchev–Trinajstić information content (AvgIpc) is 2.64. The summed E-state index contributed by atoms with van der Waals surface area (Å²) in [4.78, 5) is 23.1. The van der Waals surface area contributed by atoms with Gasteiger partial charge in [-0.1, -0.05) is 18.2 Å². The van der Waals surface area contributed by atoms with Crippen molar-refractivity contribution in [3.63, 3.8) is 0 Å². The first kappa shape index (κ1) is 20.0. The second-order valence-corrected chi connectivity index (χ2v) is 5.43. The van der Waals surface area contributed by atoms with Crippen LogP contribution in [0.5, 0.6) is 5.75 Å². The summed E-state index contributed by atoms with van der Waals surface area (Å²) >= 11 is 0. The van der Waals surface area contributed by atoms with E-state index in [0.29, 0.717) is 17.0 Å². The molecule has 0 bridgehead atoms. The van der Waals surface area contributed by atoms with Gasteiger partial charge in [0.05, 0.1) is 5.56 Å². The van der Waals surface area contributed by atoms with E-state index in [-0.39, 0.29) is 12.5 Å². The normalized spacial score (nSPS) is 11.3. The number of halogens is 3. The van der Waals surface area contributed by atoms with Gasteiger partial charge in [-0.15, -0.1) is 0 Å². The molecule has 0 radical (unpaired) electrons. The van der Waals surface area contributed by atoms with Gasteiger partial charge in [0.1, 0.15) is 5.75 Å². The zero-order chi connectivity index (χ0) is 19.9. The molecular formula is C19H17F3N2O3. The summed E-state index contributed by atoms with van der Waals surface area (Å²) in [5.74, 6) is -0.342. The summed E-state index contributed by atoms with van der Waals surface area (Å²) in [5.41, 5.74) is 0.157. The van der Waals surface area contributed by atoms with Gasteiger partial charge in [-0.3, -0.25) is 9.59 Å². The van der Waals surface area contributed by atoms with Gasteiger partial charge in [-0.05, 0) is 35.9 Å². The molecule has 0 aliphatic heterocycles. The molecule has 0 aliphatic rings. The number of amides is 2. The molecule has 2 N–H and O–H groups in total. The lowest BCUT2D eigenvalue weighted by atomic mass is 10.1. The smallest absolute Gasteiger partial charge is 0.416 e. The fourth-order valence-corrected chi connectivity index (χ4v) is 2.02. The van der Waals surface area contributed by atoms with Crippen LogP contribution in [0.1, 0.15) is 11.1 Å². The molecule has 0 saturated heterocycles. The third kappa shape index (κ3) is 6.50. The van der Waals surface area contributed by atoms with Crippen molar-refractivity contribution in [3.05, 3.63) is 65.7 Å². The third-order valence-corrected chi connectivity index (χ3v) is 3.42. The van der Waals surface area contributed by atoms with Crippen molar-refractivity contribution in [3.8, 4) is 5.75 Å². The number of likely N-dealkylation sites (N-methyl/N-ethyl adjacent to an activating group) is 1. The number of alkyl halides is 3. The first-order chi connectivity index (χ1) is 12.8. The largest absolute Gasteiger partial charge is 0.484 e. The molecule has 0 aromatic heterocycles. The van der Waals surface area contributed by atoms with Crippen molar-refractivity contribution in [2.75, 3.05) is 19.0 Å². The Morgan fingerprint density at radius 3 is 2.44 bits per heavy atom. The van der Waals surface area contributed by atoms with Crippen LogP contribution in [-0.2, 0) is 15.8 Å². The highest BCUT2D eigenvalue weighted by molar-refractivity contribution is 6.02. The Kier molecular flexibility index (Phi) is 6.59. The van der Waals surface area contributed by atoms with E-state index in [1.807, 2.05) is 0 Å². The highest BCUT2D eigenvalue weighted by Crippen LogP contribution is 2.29. The van der Waals surface area contributed by atoms with Gasteiger partial charge in [-0.2, -0.15) is 13.2 Å². The highest BCUT2D eigenvalue weighted by Gasteiger charge is 2.29. The van der Waals surface area contributed by atoms with E-state index < -0.39 is 17.6 Å². The zero-order valence-electron chi connectivity index (χ0n) is 14.3. The number of anilines is 1. The van der Waals surface area contributed by atoms with Crippen LogP contribution in [0.2, 0.25) is 0 Å². The minimum atomic E-state index is -4.40. The zero-order valence-corrected chi connectivity index (χ0v) is 14.3. The lowest BCUT2D eigenvalue weighted by Gasteiger charge is -2.08. The van der Waals surface area contributed by atoms with Gasteiger partial charge >= 0.3 is 6.18 Å². The van der Waals surface area contributed by atoms with Gasteiger partial charge < -0.3 is 15.4 Å². The van der Waals surface area contributed by atoms with Crippen LogP contribution in [0.15, 0.2) is 54.6 Å². The molecule has 0 aliphatic carbocycles. The summed E-state index contributed by atoms with van der Waals surface area (Å²) in [5, 5.41) is 5.02. The Bertz CT molecular complexity index is 831. The average molecular weight is 378 g/mol. The molecule has 2 aromatic carbocycles. The molecule has 0 atom stereocenters. The van der Waals surface area contributed by atoms with E-state index in [0.717, 1.165) is 12.1 Å². The lowest BCUT2D eigenvalue weighted by Crippen LogP contribution is -2.24. The van der Waals surface area contributed by atoms with E-state index in [9.17, 15) is 22.8 Å². The van der Waals surface area contributed by atoms with Crippen LogP contribution in [0.3, 0.4) is 0 Å². The van der Waals surface area contributed by atoms with E-state index >= 15 is 0 Å². The van der Waals surface area contributed by atoms with Crippen molar-refractivity contribution >= 4 is 23.6 Å². The van der Waals surface area contributed by atoms with Crippen molar-refractivity contribution in [2.24, 2.45) is 0 Å². The summed E-state index contributed by atoms with van der Waals surface area (Å²) in [6.07, 6.45) is -1.79. The molecule has 0 unspecified atom stereocenters. The molecule has 0 spiro atoms. The molecule has 27 heavy (non-hydrogen) atoms. The number of nitrogens with one attached hydrogen (secondary N) is 2. The first-order valence-electron chi connectivity index (χ1n) is 7.87. The highest BCUT2D eigenvalue weighted by atomic mass is 19.4. The molecular weight excluding hydrogens is 361 g/mol. The summed E-state index contributed by atoms with van der Waals surface area (Å²) in [7, 11) is 1.49. The standard InChI is InChI=1S/C19H17F3N2O3/c1-23-18(26)12-27-16-4-2-3-15(11-16)24-17(25)10-7-13-5-8-14(9-6-13)19(20,21)22/h2-11H,12H2,1H3,(H,23,26)(H,24,25)/b10-7+. The van der Waals surface area contributed by atoms with Crippen LogP contribution in [-0.4, -0.2) is 25.5 Å². The fraction of sp³-hybridized carbons (Fsp3) is 0.158. The second kappa shape index (κ2) is 8.88. The van der Waals surface area contributed by atoms with Gasteiger partial charge in [0.25, 0.3) is 5.91 Å². The maximum Gasteiger partial charge on any atom is 0.416 e. The Morgan fingerprint density at radius 2 is 1.81 bits per heavy atom. The van der Waals surface area contributed by atoms with Gasteiger partial charge in [0.15, 0.2) is 6.61 Å². The van der Waals surface area contributed by atoms with E-state index in [4.69, 9.17) is 4.74 Å². The van der Waals surface area contributed by atoms with Crippen LogP contribution >= 0.6 is 0 Å². The molecule has 0 fully saturated rings. The molecule has 142 valence electrons. The van der Waals surface area contributed by atoms with Crippen molar-refractivity contribution in [1.29, 1.82) is 0 Å². The predicted octanol–water partition coefficient (Wildman–Crippen LogP) is 3.48. The van der Waals surface area contributed by atoms with Gasteiger partial charge in [0.2, 0.25) is 5.91 Å². The van der Waals surface area contributed by atoms with E-state index in [1.165, 1.54) is 31.3 Å². The number of benzene rings is 2. The molecule has 0 saturated carbocycles. The third-order valence-electron chi connectivity index (χ3n) is 3.42. The number of carbonyl (C=O) groups is 2. The molecule has 2 amide bonds. The monoisotopic (exact) mass is 378 g/mol. The lowest BCUT2D eigenvalue weighted by molar-refractivity contribution is -0.137. The quantitative estimate of drug-likeness (QED) is 0.757. The van der Waals surface area contributed by atoms with E-state index in [2.05, 4.69) is 10.6 Å². The van der Waals surface area contributed by atoms with Crippen molar-refractivity contribution in [2.45, 2.75) is 6.18 Å². The second-order valence-electron chi connectivity index (χ2n) is 5.43. The Labute approximate surface area is 153 Å². The first-order valence-corrected chi connectivity index (χ1v) is 7.87. The van der Waals surface area contributed by atoms with Crippen molar-refractivity contribution < 1.29 is 27.5 Å². The number of rotatable bonds is 6. The number of hydrogen-bond donors (Lipinski definition) is 2. The van der Waals surface area contributed by atoms with Gasteiger partial charge in [-0.25, -0.2) is 0 Å². The minimum Gasteiger partial charge on any atom is -0.484 e. The minimum absolute atomic E-state index is 0.151. The molecule has 0 heterocycles. The number of carbonyl (C=O) groups excluding carboxylic acids is 2. The molecule has 2 rings (SSSR count). The van der Waals surface area contributed by atoms with Crippen LogP contribution in [0, 0.1) is 0 Å². The summed E-state index contributed by atoms with van der Waals surface area (Å²) in [6.45, 7) is -0.151.